The number of nitrogens with one attached hydrogen (secondary N) is 3. The number of aromatic nitrogens is 1. The van der Waals surface area contributed by atoms with E-state index in [0.717, 1.165) is 0 Å². The Morgan fingerprint density at radius 1 is 1.26 bits per heavy atom. The number of nitrogens with two attached hydrogens (primary N) is 1. The summed E-state index contributed by atoms with van der Waals surface area (Å²) in [6.45, 7) is 5.06. The Morgan fingerprint density at radius 3 is 2.52 bits per heavy atom. The quantitative estimate of drug-likeness (QED) is 0.368. The number of benzene rings is 1. The summed E-state index contributed by atoms with van der Waals surface area (Å²) in [6, 6.07) is 2.03. The van der Waals surface area contributed by atoms with E-state index >= 15 is 0 Å². The van der Waals surface area contributed by atoms with Crippen molar-refractivity contribution in [3.05, 3.63) is 28.1 Å². The first kappa shape index (κ1) is 25.9. The van der Waals surface area contributed by atoms with Crippen LogP contribution in [0.15, 0.2) is 21.3 Å². The molecule has 1 atom stereocenters. The molecule has 0 unspecified atom stereocenters. The van der Waals surface area contributed by atoms with Gasteiger partial charge in [-0.3, -0.25) is 14.4 Å². The molecule has 12 heteroatoms. The number of carbonyl (C=O) groups is 3. The molecule has 1 aromatic carbocycles. The Morgan fingerprint density at radius 2 is 1.94 bits per heavy atom. The molecule has 0 radical (unpaired) electrons. The molecule has 6 N–H and O–H groups in total. The molecule has 1 aromatic heterocycles. The largest absolute Gasteiger partial charge is 0.481 e. The smallest absolute Gasteiger partial charge is 0.348 e. The highest BCUT2D eigenvalue weighted by molar-refractivity contribution is 5.99. The molecule has 1 heterocycles. The van der Waals surface area contributed by atoms with Gasteiger partial charge in [-0.2, -0.15) is 4.98 Å². The normalized spacial score (nSPS) is 11.5. The maximum Gasteiger partial charge on any atom is 0.348 e. The Bertz CT molecular complexity index is 1020. The maximum atomic E-state index is 12.6. The van der Waals surface area contributed by atoms with Gasteiger partial charge in [-0.15, -0.1) is 12.4 Å². The number of halogens is 1. The van der Waals surface area contributed by atoms with Crippen LogP contribution in [0.1, 0.15) is 32.3 Å². The highest BCUT2D eigenvalue weighted by atomic mass is 35.5. The molecule has 0 saturated carbocycles. The van der Waals surface area contributed by atoms with Gasteiger partial charge in [0.15, 0.2) is 0 Å². The second-order valence-electron chi connectivity index (χ2n) is 7.04. The van der Waals surface area contributed by atoms with Crippen molar-refractivity contribution in [2.24, 2.45) is 5.73 Å². The number of hydrogen-bond donors (Lipinski definition) is 5. The fraction of sp³-hybridized carbons (Fsp3) is 0.421. The molecule has 2 aromatic rings. The third-order valence-corrected chi connectivity index (χ3v) is 4.09. The lowest BCUT2D eigenvalue weighted by Gasteiger charge is -2.18. The summed E-state index contributed by atoms with van der Waals surface area (Å²) in [7, 11) is 0. The van der Waals surface area contributed by atoms with Gasteiger partial charge in [0.05, 0.1) is 17.4 Å². The van der Waals surface area contributed by atoms with Crippen LogP contribution in [0.2, 0.25) is 0 Å². The van der Waals surface area contributed by atoms with Crippen LogP contribution in [0.3, 0.4) is 0 Å². The van der Waals surface area contributed by atoms with Crippen LogP contribution in [0.4, 0.5) is 11.7 Å². The number of nitrogens with zero attached hydrogens (tertiary/aromatic N) is 1. The lowest BCUT2D eigenvalue weighted by atomic mass is 10.1. The zero-order chi connectivity index (χ0) is 22.4. The van der Waals surface area contributed by atoms with Crippen molar-refractivity contribution in [3.63, 3.8) is 0 Å². The summed E-state index contributed by atoms with van der Waals surface area (Å²) in [5, 5.41) is 17.1. The average Bonchev–Trinajstić information content (AvgIpc) is 2.63. The van der Waals surface area contributed by atoms with Crippen LogP contribution >= 0.6 is 12.4 Å². The number of aryl methyl sites for hydroxylation is 1. The summed E-state index contributed by atoms with van der Waals surface area (Å²) >= 11 is 0. The summed E-state index contributed by atoms with van der Waals surface area (Å²) in [5.74, 6) is -2.29. The van der Waals surface area contributed by atoms with Gasteiger partial charge in [-0.1, -0.05) is 0 Å². The van der Waals surface area contributed by atoms with Crippen molar-refractivity contribution in [2.45, 2.75) is 45.7 Å². The molecule has 0 fully saturated rings. The molecule has 31 heavy (non-hydrogen) atoms. The third kappa shape index (κ3) is 7.23. The van der Waals surface area contributed by atoms with E-state index in [1.807, 2.05) is 13.8 Å². The number of carboxylic acids is 1. The number of anilines is 2. The molecular formula is C19H26ClN5O6. The van der Waals surface area contributed by atoms with Gasteiger partial charge in [-0.05, 0) is 44.9 Å². The fourth-order valence-corrected chi connectivity index (χ4v) is 2.79. The number of fused-ring (bicyclic) bond motifs is 1. The van der Waals surface area contributed by atoms with Crippen molar-refractivity contribution in [1.29, 1.82) is 0 Å². The molecule has 170 valence electrons. The standard InChI is InChI=1S/C19H25N5O6.ClH/c1-9(2)21-19-24-13-7-11(6-10(3)16(13)18(29)30-19)22-17(28)12(4-5-15(26)27)23-14(25)8-20;/h6-7,9,12H,4-5,8,20H2,1-3H3,(H,21,24)(H,22,28)(H,23,25)(H,26,27);1H/t12-;/m0./s1. The predicted molar refractivity (Wildman–Crippen MR) is 118 cm³/mol. The Labute approximate surface area is 184 Å². The van der Waals surface area contributed by atoms with Crippen LogP contribution in [-0.2, 0) is 14.4 Å². The number of carboxylic acid groups (broad SMARTS) is 1. The Kier molecular flexibility index (Phi) is 9.41. The predicted octanol–water partition coefficient (Wildman–Crippen LogP) is 0.985. The molecule has 0 aliphatic rings. The summed E-state index contributed by atoms with van der Waals surface area (Å²) in [4.78, 5) is 51.6. The van der Waals surface area contributed by atoms with Gasteiger partial charge in [-0.25, -0.2) is 4.79 Å². The summed E-state index contributed by atoms with van der Waals surface area (Å²) in [5.41, 5.74) is 5.89. The zero-order valence-corrected chi connectivity index (χ0v) is 18.2. The first-order valence-corrected chi connectivity index (χ1v) is 9.34. The lowest BCUT2D eigenvalue weighted by Crippen LogP contribution is -2.46. The molecule has 0 saturated heterocycles. The minimum atomic E-state index is -1.10. The van der Waals surface area contributed by atoms with Crippen LogP contribution in [0.5, 0.6) is 0 Å². The second kappa shape index (κ2) is 11.3. The monoisotopic (exact) mass is 455 g/mol. The first-order valence-electron chi connectivity index (χ1n) is 9.34. The Balaban J connectivity index is 0.00000480. The summed E-state index contributed by atoms with van der Waals surface area (Å²) < 4.78 is 5.17. The highest BCUT2D eigenvalue weighted by Crippen LogP contribution is 2.21. The average molecular weight is 456 g/mol. The number of rotatable bonds is 9. The van der Waals surface area contributed by atoms with E-state index in [1.165, 1.54) is 6.07 Å². The topological polar surface area (TPSA) is 177 Å². The molecule has 0 aliphatic carbocycles. The maximum absolute atomic E-state index is 12.6. The van der Waals surface area contributed by atoms with Crippen LogP contribution in [-0.4, -0.2) is 46.5 Å². The van der Waals surface area contributed by atoms with Gasteiger partial charge in [0.2, 0.25) is 11.8 Å². The lowest BCUT2D eigenvalue weighted by molar-refractivity contribution is -0.137. The van der Waals surface area contributed by atoms with Crippen molar-refractivity contribution in [1.82, 2.24) is 10.3 Å². The van der Waals surface area contributed by atoms with E-state index in [2.05, 4.69) is 20.9 Å². The molecular weight excluding hydrogens is 430 g/mol. The first-order chi connectivity index (χ1) is 14.1. The number of hydrogen-bond acceptors (Lipinski definition) is 8. The Hall–Kier alpha value is -3.18. The van der Waals surface area contributed by atoms with Gasteiger partial charge in [0.1, 0.15) is 6.04 Å². The fourth-order valence-electron chi connectivity index (χ4n) is 2.79. The number of carbonyl (C=O) groups excluding carboxylic acids is 2. The molecule has 0 aliphatic heterocycles. The van der Waals surface area contributed by atoms with Crippen molar-refractivity contribution >= 4 is 52.8 Å². The van der Waals surface area contributed by atoms with E-state index in [9.17, 15) is 19.2 Å². The second-order valence-corrected chi connectivity index (χ2v) is 7.04. The van der Waals surface area contributed by atoms with E-state index < -0.39 is 29.5 Å². The molecule has 2 amide bonds. The SMILES string of the molecule is Cc1cc(NC(=O)[C@H](CCC(=O)O)NC(=O)CN)cc2nc(NC(C)C)oc(=O)c12.Cl. The van der Waals surface area contributed by atoms with Gasteiger partial charge >= 0.3 is 11.6 Å². The van der Waals surface area contributed by atoms with Crippen LogP contribution in [0.25, 0.3) is 10.9 Å². The molecule has 2 rings (SSSR count). The van der Waals surface area contributed by atoms with Gasteiger partial charge in [0, 0.05) is 18.2 Å². The van der Waals surface area contributed by atoms with Crippen LogP contribution < -0.4 is 27.3 Å². The number of aliphatic carboxylic acids is 1. The molecule has 0 spiro atoms. The van der Waals surface area contributed by atoms with Crippen molar-refractivity contribution < 1.29 is 23.9 Å². The van der Waals surface area contributed by atoms with Crippen LogP contribution in [0, 0.1) is 6.92 Å². The van der Waals surface area contributed by atoms with Gasteiger partial charge in [0.25, 0.3) is 6.01 Å². The minimum Gasteiger partial charge on any atom is -0.481 e. The molecule has 0 bridgehead atoms. The van der Waals surface area contributed by atoms with E-state index in [-0.39, 0.29) is 49.2 Å². The van der Waals surface area contributed by atoms with Crippen molar-refractivity contribution in [2.75, 3.05) is 17.2 Å². The van der Waals surface area contributed by atoms with Gasteiger partial charge < -0.3 is 31.2 Å². The van der Waals surface area contributed by atoms with E-state index in [4.69, 9.17) is 15.3 Å². The zero-order valence-electron chi connectivity index (χ0n) is 17.4. The third-order valence-electron chi connectivity index (χ3n) is 4.09. The summed E-state index contributed by atoms with van der Waals surface area (Å²) in [6.07, 6.45) is -0.420. The number of amides is 2. The van der Waals surface area contributed by atoms with E-state index in [1.54, 1.807) is 13.0 Å². The molecule has 11 nitrogen and oxygen atoms in total. The van der Waals surface area contributed by atoms with E-state index in [0.29, 0.717) is 16.8 Å². The van der Waals surface area contributed by atoms with Crippen molar-refractivity contribution in [3.8, 4) is 0 Å². The highest BCUT2D eigenvalue weighted by Gasteiger charge is 2.22. The minimum absolute atomic E-state index is 0.